The van der Waals surface area contributed by atoms with E-state index in [9.17, 15) is 0 Å². The first-order chi connectivity index (χ1) is 8.33. The Morgan fingerprint density at radius 1 is 1.12 bits per heavy atom. The maximum absolute atomic E-state index is 4.38. The van der Waals surface area contributed by atoms with Crippen LogP contribution in [0.5, 0.6) is 0 Å². The van der Waals surface area contributed by atoms with E-state index in [0.29, 0.717) is 0 Å². The first kappa shape index (κ1) is 11.2. The largest absolute Gasteiger partial charge is 0.317 e. The molecule has 2 heterocycles. The Labute approximate surface area is 103 Å². The van der Waals surface area contributed by atoms with Crippen LogP contribution >= 0.6 is 0 Å². The van der Waals surface area contributed by atoms with Gasteiger partial charge in [-0.25, -0.2) is 0 Å². The summed E-state index contributed by atoms with van der Waals surface area (Å²) in [6.45, 7) is 5.57. The average molecular weight is 234 g/mol. The molecule has 0 amide bonds. The predicted molar refractivity (Wildman–Crippen MR) is 66.8 cm³/mol. The molecule has 1 saturated carbocycles. The third-order valence-electron chi connectivity index (χ3n) is 4.08. The Morgan fingerprint density at radius 3 is 2.59 bits per heavy atom. The molecule has 3 rings (SSSR count). The van der Waals surface area contributed by atoms with Gasteiger partial charge in [-0.2, -0.15) is 0 Å². The summed E-state index contributed by atoms with van der Waals surface area (Å²) >= 11 is 0. The lowest BCUT2D eigenvalue weighted by Crippen LogP contribution is -2.29. The van der Waals surface area contributed by atoms with Crippen molar-refractivity contribution in [1.82, 2.24) is 20.1 Å². The molecule has 0 unspecified atom stereocenters. The summed E-state index contributed by atoms with van der Waals surface area (Å²) in [5, 5.41) is 12.1. The zero-order chi connectivity index (χ0) is 11.7. The Balaban J connectivity index is 1.68. The minimum Gasteiger partial charge on any atom is -0.317 e. The first-order valence-electron chi connectivity index (χ1n) is 6.92. The molecule has 94 valence electrons. The van der Waals surface area contributed by atoms with Gasteiger partial charge in [0.15, 0.2) is 0 Å². The summed E-state index contributed by atoms with van der Waals surface area (Å²) < 4.78 is 2.36. The summed E-state index contributed by atoms with van der Waals surface area (Å²) in [4.78, 5) is 0. The van der Waals surface area contributed by atoms with E-state index < -0.39 is 0 Å². The molecule has 2 fully saturated rings. The fraction of sp³-hybridized carbons (Fsp3) is 0.846. The summed E-state index contributed by atoms with van der Waals surface area (Å²) in [5.41, 5.74) is 0. The van der Waals surface area contributed by atoms with Gasteiger partial charge in [0, 0.05) is 13.0 Å². The second kappa shape index (κ2) is 4.77. The molecule has 17 heavy (non-hydrogen) atoms. The van der Waals surface area contributed by atoms with Gasteiger partial charge in [-0.1, -0.05) is 0 Å². The number of piperidine rings is 1. The molecule has 4 heteroatoms. The van der Waals surface area contributed by atoms with Crippen LogP contribution in [-0.2, 0) is 13.0 Å². The number of nitrogens with zero attached hydrogens (tertiary/aromatic N) is 3. The van der Waals surface area contributed by atoms with Gasteiger partial charge in [-0.15, -0.1) is 10.2 Å². The van der Waals surface area contributed by atoms with Gasteiger partial charge in [0.2, 0.25) is 0 Å². The zero-order valence-corrected chi connectivity index (χ0v) is 10.7. The van der Waals surface area contributed by atoms with Crippen LogP contribution in [0.4, 0.5) is 0 Å². The molecular weight excluding hydrogens is 212 g/mol. The molecule has 0 radical (unpaired) electrons. The Hall–Kier alpha value is -0.900. The van der Waals surface area contributed by atoms with Crippen LogP contribution < -0.4 is 5.32 Å². The van der Waals surface area contributed by atoms with Gasteiger partial charge in [-0.05, 0) is 57.5 Å². The number of aryl methyl sites for hydroxylation is 1. The highest BCUT2D eigenvalue weighted by atomic mass is 15.3. The number of nitrogens with one attached hydrogen (secondary N) is 1. The molecule has 0 aromatic carbocycles. The molecule has 4 nitrogen and oxygen atoms in total. The van der Waals surface area contributed by atoms with Gasteiger partial charge in [-0.3, -0.25) is 0 Å². The number of rotatable bonds is 4. The average Bonchev–Trinajstić information content (AvgIpc) is 3.10. The van der Waals surface area contributed by atoms with Crippen molar-refractivity contribution in [3.63, 3.8) is 0 Å². The van der Waals surface area contributed by atoms with Crippen LogP contribution in [0.25, 0.3) is 0 Å². The molecule has 2 aliphatic rings. The van der Waals surface area contributed by atoms with E-state index in [0.717, 1.165) is 30.6 Å². The molecule has 1 saturated heterocycles. The van der Waals surface area contributed by atoms with Crippen LogP contribution in [0.3, 0.4) is 0 Å². The molecule has 0 spiro atoms. The van der Waals surface area contributed by atoms with E-state index in [4.69, 9.17) is 0 Å². The molecule has 1 N–H and O–H groups in total. The molecular formula is C13H22N4. The van der Waals surface area contributed by atoms with Crippen molar-refractivity contribution in [2.75, 3.05) is 13.1 Å². The van der Waals surface area contributed by atoms with Crippen LogP contribution in [0.2, 0.25) is 0 Å². The Kier molecular flexibility index (Phi) is 3.14. The summed E-state index contributed by atoms with van der Waals surface area (Å²) in [5.74, 6) is 4.02. The summed E-state index contributed by atoms with van der Waals surface area (Å²) in [6, 6.07) is 0. The standard InChI is InChI=1S/C13H22N4/c1-10-15-16-13(17(10)9-12-2-3-12)8-11-4-6-14-7-5-11/h11-12,14H,2-9H2,1H3. The zero-order valence-electron chi connectivity index (χ0n) is 10.7. The van der Waals surface area contributed by atoms with Crippen LogP contribution in [0.1, 0.15) is 37.3 Å². The van der Waals surface area contributed by atoms with Crippen molar-refractivity contribution in [1.29, 1.82) is 0 Å². The van der Waals surface area contributed by atoms with Crippen molar-refractivity contribution in [2.24, 2.45) is 11.8 Å². The minimum atomic E-state index is 0.804. The maximum Gasteiger partial charge on any atom is 0.133 e. The lowest BCUT2D eigenvalue weighted by Gasteiger charge is -2.22. The number of aromatic nitrogens is 3. The quantitative estimate of drug-likeness (QED) is 0.859. The third kappa shape index (κ3) is 2.68. The number of hydrogen-bond acceptors (Lipinski definition) is 3. The summed E-state index contributed by atoms with van der Waals surface area (Å²) in [7, 11) is 0. The van der Waals surface area contributed by atoms with Crippen LogP contribution in [0, 0.1) is 18.8 Å². The molecule has 1 aliphatic carbocycles. The topological polar surface area (TPSA) is 42.7 Å². The monoisotopic (exact) mass is 234 g/mol. The maximum atomic E-state index is 4.38. The minimum absolute atomic E-state index is 0.804. The lowest BCUT2D eigenvalue weighted by molar-refractivity contribution is 0.361. The van der Waals surface area contributed by atoms with Crippen molar-refractivity contribution >= 4 is 0 Å². The molecule has 0 atom stereocenters. The fourth-order valence-electron chi connectivity index (χ4n) is 2.72. The van der Waals surface area contributed by atoms with E-state index in [1.54, 1.807) is 0 Å². The molecule has 1 aliphatic heterocycles. The molecule has 1 aromatic heterocycles. The number of hydrogen-bond donors (Lipinski definition) is 1. The van der Waals surface area contributed by atoms with Gasteiger partial charge >= 0.3 is 0 Å². The Morgan fingerprint density at radius 2 is 1.88 bits per heavy atom. The van der Waals surface area contributed by atoms with Crippen molar-refractivity contribution in [3.05, 3.63) is 11.6 Å². The Bertz CT molecular complexity index is 375. The van der Waals surface area contributed by atoms with E-state index in [1.165, 1.54) is 44.6 Å². The second-order valence-corrected chi connectivity index (χ2v) is 5.61. The SMILES string of the molecule is Cc1nnc(CC2CCNCC2)n1CC1CC1. The molecule has 0 bridgehead atoms. The van der Waals surface area contributed by atoms with Gasteiger partial charge < -0.3 is 9.88 Å². The van der Waals surface area contributed by atoms with Crippen molar-refractivity contribution in [3.8, 4) is 0 Å². The van der Waals surface area contributed by atoms with E-state index in [-0.39, 0.29) is 0 Å². The molecule has 1 aromatic rings. The van der Waals surface area contributed by atoms with Crippen LogP contribution in [0.15, 0.2) is 0 Å². The van der Waals surface area contributed by atoms with E-state index in [1.807, 2.05) is 0 Å². The lowest BCUT2D eigenvalue weighted by atomic mass is 9.94. The van der Waals surface area contributed by atoms with Crippen molar-refractivity contribution < 1.29 is 0 Å². The highest BCUT2D eigenvalue weighted by molar-refractivity contribution is 4.97. The van der Waals surface area contributed by atoms with Gasteiger partial charge in [0.25, 0.3) is 0 Å². The summed E-state index contributed by atoms with van der Waals surface area (Å²) in [6.07, 6.45) is 6.48. The smallest absolute Gasteiger partial charge is 0.133 e. The van der Waals surface area contributed by atoms with Gasteiger partial charge in [0.1, 0.15) is 11.6 Å². The van der Waals surface area contributed by atoms with Gasteiger partial charge in [0.05, 0.1) is 0 Å². The van der Waals surface area contributed by atoms with E-state index in [2.05, 4.69) is 27.0 Å². The second-order valence-electron chi connectivity index (χ2n) is 5.61. The normalized spacial score (nSPS) is 21.9. The third-order valence-corrected chi connectivity index (χ3v) is 4.08. The fourth-order valence-corrected chi connectivity index (χ4v) is 2.72. The highest BCUT2D eigenvalue weighted by Gasteiger charge is 2.25. The highest BCUT2D eigenvalue weighted by Crippen LogP contribution is 2.31. The van der Waals surface area contributed by atoms with Crippen molar-refractivity contribution in [2.45, 2.75) is 45.6 Å². The predicted octanol–water partition coefficient (Wildman–Crippen LogP) is 1.54. The van der Waals surface area contributed by atoms with E-state index >= 15 is 0 Å². The van der Waals surface area contributed by atoms with Crippen LogP contribution in [-0.4, -0.2) is 27.9 Å². The first-order valence-corrected chi connectivity index (χ1v) is 6.92.